The molecular formula is C18H23NO2. The van der Waals surface area contributed by atoms with Crippen LogP contribution in [0.5, 0.6) is 0 Å². The molecule has 2 rings (SSSR count). The number of nitrogens with zero attached hydrogens (tertiary/aromatic N) is 1. The molecule has 0 spiro atoms. The van der Waals surface area contributed by atoms with E-state index in [1.807, 2.05) is 54.6 Å². The molecule has 21 heavy (non-hydrogen) atoms. The van der Waals surface area contributed by atoms with Crippen molar-refractivity contribution in [3.05, 3.63) is 60.2 Å². The standard InChI is InChI=1S/C18H23NO2/c1-4-19(5-2)18(21-3)14-10-9-13-16(18)17(20)15-11-7-6-8-12-15/h6-14,16H,4-5H2,1-3H3. The fraction of sp³-hybridized carbons (Fsp3) is 0.389. The van der Waals surface area contributed by atoms with Gasteiger partial charge in [0, 0.05) is 12.7 Å². The summed E-state index contributed by atoms with van der Waals surface area (Å²) < 4.78 is 5.84. The van der Waals surface area contributed by atoms with Crippen LogP contribution in [-0.4, -0.2) is 36.6 Å². The summed E-state index contributed by atoms with van der Waals surface area (Å²) in [6.45, 7) is 5.81. The number of methoxy groups -OCH3 is 1. The van der Waals surface area contributed by atoms with E-state index in [2.05, 4.69) is 18.7 Å². The second-order valence-corrected chi connectivity index (χ2v) is 5.08. The molecule has 0 radical (unpaired) electrons. The lowest BCUT2D eigenvalue weighted by molar-refractivity contribution is -0.114. The van der Waals surface area contributed by atoms with Gasteiger partial charge in [0.15, 0.2) is 11.5 Å². The van der Waals surface area contributed by atoms with Gasteiger partial charge in [0.25, 0.3) is 0 Å². The molecule has 0 aromatic heterocycles. The highest BCUT2D eigenvalue weighted by atomic mass is 16.5. The third-order valence-corrected chi connectivity index (χ3v) is 4.12. The average molecular weight is 285 g/mol. The van der Waals surface area contributed by atoms with Crippen molar-refractivity contribution in [2.45, 2.75) is 19.6 Å². The van der Waals surface area contributed by atoms with Gasteiger partial charge in [0.05, 0.1) is 5.92 Å². The minimum atomic E-state index is -0.703. The molecule has 2 atom stereocenters. The first-order valence-corrected chi connectivity index (χ1v) is 7.45. The van der Waals surface area contributed by atoms with E-state index in [0.29, 0.717) is 0 Å². The van der Waals surface area contributed by atoms with E-state index >= 15 is 0 Å². The smallest absolute Gasteiger partial charge is 0.174 e. The number of benzene rings is 1. The predicted molar refractivity (Wildman–Crippen MR) is 85.2 cm³/mol. The van der Waals surface area contributed by atoms with Crippen LogP contribution in [0.4, 0.5) is 0 Å². The van der Waals surface area contributed by atoms with Crippen LogP contribution in [0.15, 0.2) is 54.6 Å². The summed E-state index contributed by atoms with van der Waals surface area (Å²) in [6.07, 6.45) is 7.81. The van der Waals surface area contributed by atoms with Crippen LogP contribution >= 0.6 is 0 Å². The molecule has 0 fully saturated rings. The molecule has 0 saturated carbocycles. The summed E-state index contributed by atoms with van der Waals surface area (Å²) in [7, 11) is 1.67. The molecule has 0 amide bonds. The third-order valence-electron chi connectivity index (χ3n) is 4.12. The maximum absolute atomic E-state index is 12.9. The number of carbonyl (C=O) groups excluding carboxylic acids is 1. The fourth-order valence-corrected chi connectivity index (χ4v) is 3.01. The Morgan fingerprint density at radius 3 is 2.43 bits per heavy atom. The van der Waals surface area contributed by atoms with Crippen LogP contribution in [0.3, 0.4) is 0 Å². The third kappa shape index (κ3) is 2.85. The molecular weight excluding hydrogens is 262 g/mol. The lowest BCUT2D eigenvalue weighted by atomic mass is 9.83. The van der Waals surface area contributed by atoms with Crippen molar-refractivity contribution in [1.82, 2.24) is 4.90 Å². The molecule has 0 N–H and O–H groups in total. The van der Waals surface area contributed by atoms with E-state index in [4.69, 9.17) is 4.74 Å². The van der Waals surface area contributed by atoms with E-state index in [1.165, 1.54) is 0 Å². The largest absolute Gasteiger partial charge is 0.359 e. The number of hydrogen-bond acceptors (Lipinski definition) is 3. The zero-order chi connectivity index (χ0) is 15.3. The predicted octanol–water partition coefficient (Wildman–Crippen LogP) is 3.30. The Labute approximate surface area is 126 Å². The summed E-state index contributed by atoms with van der Waals surface area (Å²) >= 11 is 0. The summed E-state index contributed by atoms with van der Waals surface area (Å²) in [5.74, 6) is -0.250. The number of hydrogen-bond donors (Lipinski definition) is 0. The van der Waals surface area contributed by atoms with Crippen LogP contribution in [0.1, 0.15) is 24.2 Å². The Morgan fingerprint density at radius 1 is 1.19 bits per heavy atom. The maximum atomic E-state index is 12.9. The summed E-state index contributed by atoms with van der Waals surface area (Å²) in [4.78, 5) is 15.1. The Morgan fingerprint density at radius 2 is 1.86 bits per heavy atom. The van der Waals surface area contributed by atoms with Crippen molar-refractivity contribution in [2.75, 3.05) is 20.2 Å². The fourth-order valence-electron chi connectivity index (χ4n) is 3.01. The Hall–Kier alpha value is -1.71. The Bertz CT molecular complexity index is 531. The van der Waals surface area contributed by atoms with Crippen molar-refractivity contribution >= 4 is 5.78 Å². The monoisotopic (exact) mass is 285 g/mol. The van der Waals surface area contributed by atoms with Gasteiger partial charge in [-0.15, -0.1) is 0 Å². The van der Waals surface area contributed by atoms with Crippen molar-refractivity contribution < 1.29 is 9.53 Å². The van der Waals surface area contributed by atoms with Crippen molar-refractivity contribution in [3.8, 4) is 0 Å². The number of allylic oxidation sites excluding steroid dienone is 2. The zero-order valence-electron chi connectivity index (χ0n) is 13.0. The normalized spacial score (nSPS) is 24.5. The van der Waals surface area contributed by atoms with Crippen molar-refractivity contribution in [2.24, 2.45) is 5.92 Å². The Kier molecular flexibility index (Phi) is 5.10. The highest BCUT2D eigenvalue weighted by molar-refractivity contribution is 6.00. The quantitative estimate of drug-likeness (QED) is 0.593. The maximum Gasteiger partial charge on any atom is 0.174 e. The first kappa shape index (κ1) is 15.7. The molecule has 1 aromatic carbocycles. The first-order chi connectivity index (χ1) is 10.2. The van der Waals surface area contributed by atoms with Gasteiger partial charge in [0.2, 0.25) is 0 Å². The van der Waals surface area contributed by atoms with Gasteiger partial charge in [0.1, 0.15) is 0 Å². The molecule has 2 unspecified atom stereocenters. The van der Waals surface area contributed by atoms with Gasteiger partial charge >= 0.3 is 0 Å². The van der Waals surface area contributed by atoms with E-state index in [0.717, 1.165) is 18.7 Å². The lowest BCUT2D eigenvalue weighted by Gasteiger charge is -2.44. The lowest BCUT2D eigenvalue weighted by Crippen LogP contribution is -2.56. The summed E-state index contributed by atoms with van der Waals surface area (Å²) in [6, 6.07) is 9.42. The molecule has 112 valence electrons. The minimum absolute atomic E-state index is 0.0879. The molecule has 3 heteroatoms. The summed E-state index contributed by atoms with van der Waals surface area (Å²) in [5, 5.41) is 0. The average Bonchev–Trinajstić information content (AvgIpc) is 2.56. The zero-order valence-corrected chi connectivity index (χ0v) is 13.0. The van der Waals surface area contributed by atoms with Gasteiger partial charge in [-0.2, -0.15) is 0 Å². The van der Waals surface area contributed by atoms with Gasteiger partial charge in [-0.1, -0.05) is 62.4 Å². The number of ketones is 1. The molecule has 0 bridgehead atoms. The second-order valence-electron chi connectivity index (χ2n) is 5.08. The van der Waals surface area contributed by atoms with Crippen LogP contribution in [0.2, 0.25) is 0 Å². The number of rotatable bonds is 6. The molecule has 1 aliphatic rings. The highest BCUT2D eigenvalue weighted by Gasteiger charge is 2.44. The van der Waals surface area contributed by atoms with Crippen LogP contribution in [0.25, 0.3) is 0 Å². The van der Waals surface area contributed by atoms with Crippen LogP contribution in [0, 0.1) is 5.92 Å². The molecule has 0 aliphatic heterocycles. The number of Topliss-reactive ketones (excluding diaryl/α,β-unsaturated/α-hetero) is 1. The van der Waals surface area contributed by atoms with Gasteiger partial charge in [-0.3, -0.25) is 9.69 Å². The van der Waals surface area contributed by atoms with Crippen molar-refractivity contribution in [1.29, 1.82) is 0 Å². The topological polar surface area (TPSA) is 29.5 Å². The van der Waals surface area contributed by atoms with Crippen molar-refractivity contribution in [3.63, 3.8) is 0 Å². The van der Waals surface area contributed by atoms with E-state index in [9.17, 15) is 4.79 Å². The van der Waals surface area contributed by atoms with E-state index < -0.39 is 5.72 Å². The van der Waals surface area contributed by atoms with E-state index in [1.54, 1.807) is 7.11 Å². The molecule has 1 aromatic rings. The number of ether oxygens (including phenoxy) is 1. The summed E-state index contributed by atoms with van der Waals surface area (Å²) in [5.41, 5.74) is 0.0153. The molecule has 0 heterocycles. The van der Waals surface area contributed by atoms with E-state index in [-0.39, 0.29) is 11.7 Å². The van der Waals surface area contributed by atoms with Gasteiger partial charge in [-0.25, -0.2) is 0 Å². The minimum Gasteiger partial charge on any atom is -0.359 e. The molecule has 1 aliphatic carbocycles. The number of carbonyl (C=O) groups is 1. The van der Waals surface area contributed by atoms with Gasteiger partial charge in [-0.05, 0) is 19.2 Å². The SMILES string of the molecule is CCN(CC)C1(OC)C=CC=CC1C(=O)c1ccccc1. The molecule has 3 nitrogen and oxygen atoms in total. The molecule has 0 saturated heterocycles. The second kappa shape index (κ2) is 6.83. The van der Waals surface area contributed by atoms with Crippen LogP contribution in [-0.2, 0) is 4.74 Å². The highest BCUT2D eigenvalue weighted by Crippen LogP contribution is 2.34. The van der Waals surface area contributed by atoms with Crippen LogP contribution < -0.4 is 0 Å². The van der Waals surface area contributed by atoms with Gasteiger partial charge < -0.3 is 4.74 Å². The Balaban J connectivity index is 2.42. The number of likely N-dealkylation sites (N-methyl/N-ethyl adjacent to an activating group) is 1. The first-order valence-electron chi connectivity index (χ1n) is 7.45.